The number of nitrogens with zero attached hydrogens (tertiary/aromatic N) is 3. The Balaban J connectivity index is 1.51. The van der Waals surface area contributed by atoms with E-state index in [0.29, 0.717) is 22.9 Å². The molecule has 2 heterocycles. The van der Waals surface area contributed by atoms with Crippen LogP contribution in [0.1, 0.15) is 68.3 Å². The number of hydrazine groups is 1. The quantitative estimate of drug-likeness (QED) is 0.430. The summed E-state index contributed by atoms with van der Waals surface area (Å²) in [5.41, 5.74) is 2.50. The average Bonchev–Trinajstić information content (AvgIpc) is 3.19. The Morgan fingerprint density at radius 1 is 1.07 bits per heavy atom. The van der Waals surface area contributed by atoms with E-state index in [1.165, 1.54) is 30.9 Å². The van der Waals surface area contributed by atoms with Gasteiger partial charge in [0.25, 0.3) is 5.91 Å². The van der Waals surface area contributed by atoms with Crippen molar-refractivity contribution in [1.82, 2.24) is 20.4 Å². The standard InChI is InChI=1S/C27H32F4N4O5/c1-16-17(2)24(37)32-35(40-26(39)27(29,30)31)22(16)14-18-9-10-21(28)20(13-18)25(38)33-11-12-34(23(36)15-33)19-7-5-3-4-6-8-19/h9-10,13,17,19H,3-8,11-12,14-15H2,1-2H3,(H,32,37). The topological polar surface area (TPSA) is 99.3 Å². The Hall–Kier alpha value is -3.64. The fourth-order valence-electron chi connectivity index (χ4n) is 5.32. The van der Waals surface area contributed by atoms with Crippen LogP contribution in [-0.2, 0) is 25.6 Å². The first-order valence-electron chi connectivity index (χ1n) is 13.3. The zero-order chi connectivity index (χ0) is 29.2. The molecule has 40 heavy (non-hydrogen) atoms. The van der Waals surface area contributed by atoms with E-state index in [1.807, 2.05) is 4.90 Å². The number of piperazine rings is 1. The summed E-state index contributed by atoms with van der Waals surface area (Å²) in [4.78, 5) is 57.4. The third-order valence-corrected chi connectivity index (χ3v) is 7.80. The molecule has 0 spiro atoms. The van der Waals surface area contributed by atoms with Gasteiger partial charge in [-0.3, -0.25) is 14.4 Å². The van der Waals surface area contributed by atoms with Crippen LogP contribution in [0.15, 0.2) is 29.5 Å². The predicted molar refractivity (Wildman–Crippen MR) is 133 cm³/mol. The molecule has 9 nitrogen and oxygen atoms in total. The van der Waals surface area contributed by atoms with E-state index in [1.54, 1.807) is 0 Å². The van der Waals surface area contributed by atoms with Gasteiger partial charge >= 0.3 is 12.1 Å². The van der Waals surface area contributed by atoms with Crippen LogP contribution in [0.4, 0.5) is 17.6 Å². The van der Waals surface area contributed by atoms with Crippen molar-refractivity contribution < 1.29 is 41.6 Å². The van der Waals surface area contributed by atoms with Crippen LogP contribution in [0.25, 0.3) is 0 Å². The van der Waals surface area contributed by atoms with Crippen molar-refractivity contribution in [3.05, 3.63) is 46.4 Å². The molecular formula is C27H32F4N4O5. The number of alkyl halides is 3. The minimum Gasteiger partial charge on any atom is -0.336 e. The molecule has 1 saturated heterocycles. The van der Waals surface area contributed by atoms with Gasteiger partial charge in [0.15, 0.2) is 0 Å². The van der Waals surface area contributed by atoms with Crippen LogP contribution >= 0.6 is 0 Å². The van der Waals surface area contributed by atoms with Crippen LogP contribution in [-0.4, -0.2) is 70.5 Å². The first kappa shape index (κ1) is 29.3. The van der Waals surface area contributed by atoms with Gasteiger partial charge in [0.1, 0.15) is 12.4 Å². The summed E-state index contributed by atoms with van der Waals surface area (Å²) < 4.78 is 53.3. The van der Waals surface area contributed by atoms with Gasteiger partial charge in [-0.25, -0.2) is 14.6 Å². The minimum atomic E-state index is -5.31. The molecule has 1 saturated carbocycles. The molecule has 4 rings (SSSR count). The Kier molecular flexibility index (Phi) is 8.69. The van der Waals surface area contributed by atoms with Crippen LogP contribution in [0.3, 0.4) is 0 Å². The fourth-order valence-corrected chi connectivity index (χ4v) is 5.32. The van der Waals surface area contributed by atoms with Crippen molar-refractivity contribution in [3.63, 3.8) is 0 Å². The second-order valence-electron chi connectivity index (χ2n) is 10.4. The first-order valence-corrected chi connectivity index (χ1v) is 13.3. The van der Waals surface area contributed by atoms with Gasteiger partial charge in [0.2, 0.25) is 11.8 Å². The number of halogens is 4. The lowest BCUT2D eigenvalue weighted by atomic mass is 9.94. The van der Waals surface area contributed by atoms with E-state index >= 15 is 0 Å². The number of carbonyl (C=O) groups excluding carboxylic acids is 4. The summed E-state index contributed by atoms with van der Waals surface area (Å²) in [6.07, 6.45) is 0.767. The molecule has 3 aliphatic rings. The van der Waals surface area contributed by atoms with E-state index in [2.05, 4.69) is 10.3 Å². The maximum Gasteiger partial charge on any atom is 0.493 e. The van der Waals surface area contributed by atoms with Crippen molar-refractivity contribution >= 4 is 23.7 Å². The molecule has 13 heteroatoms. The van der Waals surface area contributed by atoms with Crippen LogP contribution < -0.4 is 5.43 Å². The minimum absolute atomic E-state index is 0.0295. The SMILES string of the molecule is CC1=C(Cc2ccc(F)c(C(=O)N3CCN(C4CCCCCC4)C(=O)C3)c2)N(OC(=O)C(F)(F)F)NC(=O)C1C. The summed E-state index contributed by atoms with van der Waals surface area (Å²) in [5, 5.41) is 0.365. The van der Waals surface area contributed by atoms with Crippen molar-refractivity contribution in [2.75, 3.05) is 19.6 Å². The molecule has 0 radical (unpaired) electrons. The highest BCUT2D eigenvalue weighted by molar-refractivity contribution is 5.97. The molecule has 1 unspecified atom stereocenters. The number of allylic oxidation sites excluding steroid dienone is 1. The van der Waals surface area contributed by atoms with Gasteiger partial charge in [-0.1, -0.05) is 31.7 Å². The molecule has 0 aromatic heterocycles. The second kappa shape index (κ2) is 11.8. The number of carbonyl (C=O) groups is 4. The zero-order valence-corrected chi connectivity index (χ0v) is 22.4. The van der Waals surface area contributed by atoms with E-state index in [4.69, 9.17) is 0 Å². The smallest absolute Gasteiger partial charge is 0.336 e. The second-order valence-corrected chi connectivity index (χ2v) is 10.4. The van der Waals surface area contributed by atoms with Gasteiger partial charge in [0, 0.05) is 25.6 Å². The molecule has 0 bridgehead atoms. The molecule has 2 aliphatic heterocycles. The molecular weight excluding hydrogens is 536 g/mol. The van der Waals surface area contributed by atoms with Crippen LogP contribution in [0, 0.1) is 11.7 Å². The van der Waals surface area contributed by atoms with Crippen molar-refractivity contribution in [2.24, 2.45) is 5.92 Å². The number of hydrogen-bond acceptors (Lipinski definition) is 6. The van der Waals surface area contributed by atoms with Gasteiger partial charge in [-0.2, -0.15) is 13.2 Å². The highest BCUT2D eigenvalue weighted by Crippen LogP contribution is 2.29. The lowest BCUT2D eigenvalue weighted by Gasteiger charge is -2.39. The number of hydrogen-bond donors (Lipinski definition) is 1. The summed E-state index contributed by atoms with van der Waals surface area (Å²) >= 11 is 0. The molecule has 3 amide bonds. The predicted octanol–water partition coefficient (Wildman–Crippen LogP) is 3.65. The van der Waals surface area contributed by atoms with Crippen molar-refractivity contribution in [2.45, 2.75) is 71.0 Å². The molecule has 1 N–H and O–H groups in total. The fraction of sp³-hybridized carbons (Fsp3) is 0.556. The van der Waals surface area contributed by atoms with Gasteiger partial charge in [-0.15, -0.1) is 5.17 Å². The van der Waals surface area contributed by atoms with Crippen LogP contribution in [0.5, 0.6) is 0 Å². The Bertz CT molecular complexity index is 1210. The van der Waals surface area contributed by atoms with E-state index in [-0.39, 0.29) is 42.7 Å². The average molecular weight is 569 g/mol. The van der Waals surface area contributed by atoms with Crippen molar-refractivity contribution in [1.29, 1.82) is 0 Å². The van der Waals surface area contributed by atoms with Gasteiger partial charge in [-0.05, 0) is 50.0 Å². The number of amides is 3. The number of hydroxylamine groups is 1. The monoisotopic (exact) mass is 568 g/mol. The summed E-state index contributed by atoms with van der Waals surface area (Å²) in [7, 11) is 0. The Morgan fingerprint density at radius 2 is 1.75 bits per heavy atom. The molecule has 1 aromatic rings. The zero-order valence-electron chi connectivity index (χ0n) is 22.4. The number of benzene rings is 1. The molecule has 1 atom stereocenters. The lowest BCUT2D eigenvalue weighted by molar-refractivity contribution is -0.242. The van der Waals surface area contributed by atoms with E-state index < -0.39 is 35.7 Å². The Labute approximate surface area is 229 Å². The largest absolute Gasteiger partial charge is 0.493 e. The third kappa shape index (κ3) is 6.39. The Morgan fingerprint density at radius 3 is 2.38 bits per heavy atom. The summed E-state index contributed by atoms with van der Waals surface area (Å²) in [5.74, 6) is -5.63. The summed E-state index contributed by atoms with van der Waals surface area (Å²) in [6, 6.07) is 3.80. The highest BCUT2D eigenvalue weighted by atomic mass is 19.4. The van der Waals surface area contributed by atoms with E-state index in [9.17, 15) is 36.7 Å². The molecule has 2 fully saturated rings. The van der Waals surface area contributed by atoms with Crippen molar-refractivity contribution in [3.8, 4) is 0 Å². The maximum absolute atomic E-state index is 14.8. The van der Waals surface area contributed by atoms with Crippen LogP contribution in [0.2, 0.25) is 0 Å². The first-order chi connectivity index (χ1) is 18.9. The van der Waals surface area contributed by atoms with Gasteiger partial charge in [0.05, 0.1) is 17.2 Å². The molecule has 1 aliphatic carbocycles. The third-order valence-electron chi connectivity index (χ3n) is 7.80. The van der Waals surface area contributed by atoms with E-state index in [0.717, 1.165) is 44.6 Å². The summed E-state index contributed by atoms with van der Waals surface area (Å²) in [6.45, 7) is 3.47. The normalized spacial score (nSPS) is 21.4. The molecule has 218 valence electrons. The number of rotatable bonds is 5. The highest BCUT2D eigenvalue weighted by Gasteiger charge is 2.44. The molecule has 1 aromatic carbocycles. The lowest BCUT2D eigenvalue weighted by Crippen LogP contribution is -2.55. The number of nitrogens with one attached hydrogen (secondary N) is 1. The van der Waals surface area contributed by atoms with Gasteiger partial charge < -0.3 is 14.6 Å². The maximum atomic E-state index is 14.8.